The van der Waals surface area contributed by atoms with E-state index in [9.17, 15) is 9.59 Å². The van der Waals surface area contributed by atoms with Crippen LogP contribution in [0.3, 0.4) is 0 Å². The number of carbonyl (C=O) groups excluding carboxylic acids is 2. The molecule has 4 nitrogen and oxygen atoms in total. The number of anilines is 1. The zero-order valence-electron chi connectivity index (χ0n) is 15.7. The van der Waals surface area contributed by atoms with Crippen molar-refractivity contribution >= 4 is 17.5 Å². The molecule has 0 fully saturated rings. The standard InChI is InChI=1S/C22H26N2O2/c1-15(2)13-20(17-7-5-4-6-8-17)23-22(26)19-9-10-21-18(14-19)11-12-24(21)16(3)25/h4-10,14-15,20H,11-13H2,1-3H3,(H,23,26). The van der Waals surface area contributed by atoms with Crippen LogP contribution in [0.2, 0.25) is 0 Å². The Bertz CT molecular complexity index is 799. The SMILES string of the molecule is CC(=O)N1CCc2cc(C(=O)NC(CC(C)C)c3ccccc3)ccc21. The molecule has 4 heteroatoms. The molecule has 26 heavy (non-hydrogen) atoms. The van der Waals surface area contributed by atoms with E-state index < -0.39 is 0 Å². The highest BCUT2D eigenvalue weighted by atomic mass is 16.2. The quantitative estimate of drug-likeness (QED) is 0.882. The average molecular weight is 350 g/mol. The lowest BCUT2D eigenvalue weighted by Crippen LogP contribution is -2.29. The van der Waals surface area contributed by atoms with Gasteiger partial charge in [-0.25, -0.2) is 0 Å². The summed E-state index contributed by atoms with van der Waals surface area (Å²) in [4.78, 5) is 26.3. The van der Waals surface area contributed by atoms with Crippen LogP contribution in [0.4, 0.5) is 5.69 Å². The van der Waals surface area contributed by atoms with Gasteiger partial charge in [0.1, 0.15) is 0 Å². The van der Waals surface area contributed by atoms with E-state index in [1.54, 1.807) is 11.8 Å². The minimum absolute atomic E-state index is 0.00864. The Morgan fingerprint density at radius 2 is 1.85 bits per heavy atom. The van der Waals surface area contributed by atoms with Crippen molar-refractivity contribution in [3.63, 3.8) is 0 Å². The van der Waals surface area contributed by atoms with Gasteiger partial charge in [0.25, 0.3) is 5.91 Å². The first-order valence-electron chi connectivity index (χ1n) is 9.22. The van der Waals surface area contributed by atoms with E-state index in [1.165, 1.54) is 0 Å². The molecule has 3 rings (SSSR count). The normalized spacial score (nSPS) is 14.2. The lowest BCUT2D eigenvalue weighted by molar-refractivity contribution is -0.116. The van der Waals surface area contributed by atoms with Crippen LogP contribution in [0.1, 0.15) is 54.7 Å². The van der Waals surface area contributed by atoms with Gasteiger partial charge in [-0.3, -0.25) is 9.59 Å². The molecule has 0 aliphatic carbocycles. The summed E-state index contributed by atoms with van der Waals surface area (Å²) in [6, 6.07) is 15.7. The maximum Gasteiger partial charge on any atom is 0.251 e. The number of fused-ring (bicyclic) bond motifs is 1. The zero-order valence-corrected chi connectivity index (χ0v) is 15.7. The molecule has 2 amide bonds. The number of rotatable bonds is 5. The molecule has 2 aromatic rings. The molecule has 0 aromatic heterocycles. The lowest BCUT2D eigenvalue weighted by atomic mass is 9.96. The minimum atomic E-state index is -0.0661. The molecule has 0 spiro atoms. The van der Waals surface area contributed by atoms with Crippen LogP contribution in [0.5, 0.6) is 0 Å². The molecular formula is C22H26N2O2. The maximum atomic E-state index is 12.8. The van der Waals surface area contributed by atoms with Crippen LogP contribution >= 0.6 is 0 Å². The van der Waals surface area contributed by atoms with Gasteiger partial charge in [0.2, 0.25) is 5.91 Å². The van der Waals surface area contributed by atoms with Crippen molar-refractivity contribution < 1.29 is 9.59 Å². The Morgan fingerprint density at radius 3 is 2.50 bits per heavy atom. The Morgan fingerprint density at radius 1 is 1.12 bits per heavy atom. The first-order chi connectivity index (χ1) is 12.5. The fourth-order valence-electron chi connectivity index (χ4n) is 3.55. The number of nitrogens with zero attached hydrogens (tertiary/aromatic N) is 1. The monoisotopic (exact) mass is 350 g/mol. The second kappa shape index (κ2) is 7.73. The van der Waals surface area contributed by atoms with E-state index in [4.69, 9.17) is 0 Å². The summed E-state index contributed by atoms with van der Waals surface area (Å²) in [5.41, 5.74) is 3.76. The van der Waals surface area contributed by atoms with Crippen molar-refractivity contribution in [2.75, 3.05) is 11.4 Å². The van der Waals surface area contributed by atoms with Gasteiger partial charge < -0.3 is 10.2 Å². The smallest absolute Gasteiger partial charge is 0.251 e. The highest BCUT2D eigenvalue weighted by Crippen LogP contribution is 2.29. The van der Waals surface area contributed by atoms with Gasteiger partial charge in [0.05, 0.1) is 6.04 Å². The number of hydrogen-bond donors (Lipinski definition) is 1. The van der Waals surface area contributed by atoms with Gasteiger partial charge in [-0.05, 0) is 48.1 Å². The Kier molecular flexibility index (Phi) is 5.40. The summed E-state index contributed by atoms with van der Waals surface area (Å²) in [5.74, 6) is 0.454. The van der Waals surface area contributed by atoms with Crippen molar-refractivity contribution in [1.82, 2.24) is 5.32 Å². The van der Waals surface area contributed by atoms with E-state index >= 15 is 0 Å². The topological polar surface area (TPSA) is 49.4 Å². The van der Waals surface area contributed by atoms with Crippen LogP contribution < -0.4 is 10.2 Å². The predicted octanol–water partition coefficient (Wildman–Crippen LogP) is 4.11. The summed E-state index contributed by atoms with van der Waals surface area (Å²) in [5, 5.41) is 3.19. The predicted molar refractivity (Wildman–Crippen MR) is 104 cm³/mol. The van der Waals surface area contributed by atoms with E-state index in [0.717, 1.165) is 29.7 Å². The van der Waals surface area contributed by atoms with Crippen LogP contribution in [-0.4, -0.2) is 18.4 Å². The molecule has 1 unspecified atom stereocenters. The lowest BCUT2D eigenvalue weighted by Gasteiger charge is -2.21. The van der Waals surface area contributed by atoms with Gasteiger partial charge in [0, 0.05) is 24.7 Å². The molecular weight excluding hydrogens is 324 g/mol. The second-order valence-electron chi connectivity index (χ2n) is 7.33. The first kappa shape index (κ1) is 18.2. The summed E-state index contributed by atoms with van der Waals surface area (Å²) in [6.07, 6.45) is 1.68. The fourth-order valence-corrected chi connectivity index (χ4v) is 3.55. The van der Waals surface area contributed by atoms with Gasteiger partial charge in [-0.2, -0.15) is 0 Å². The summed E-state index contributed by atoms with van der Waals surface area (Å²) < 4.78 is 0. The third kappa shape index (κ3) is 3.96. The van der Waals surface area contributed by atoms with Crippen LogP contribution in [0.25, 0.3) is 0 Å². The maximum absolute atomic E-state index is 12.8. The zero-order chi connectivity index (χ0) is 18.7. The molecule has 0 bridgehead atoms. The van der Waals surface area contributed by atoms with Crippen molar-refractivity contribution in [1.29, 1.82) is 0 Å². The molecule has 0 saturated carbocycles. The van der Waals surface area contributed by atoms with Crippen LogP contribution in [-0.2, 0) is 11.2 Å². The molecule has 0 radical (unpaired) electrons. The third-order valence-electron chi connectivity index (χ3n) is 4.83. The van der Waals surface area contributed by atoms with E-state index in [1.807, 2.05) is 36.4 Å². The number of carbonyl (C=O) groups is 2. The third-order valence-corrected chi connectivity index (χ3v) is 4.83. The molecule has 136 valence electrons. The molecule has 0 saturated heterocycles. The summed E-state index contributed by atoms with van der Waals surface area (Å²) in [7, 11) is 0. The molecule has 1 aliphatic rings. The molecule has 2 aromatic carbocycles. The van der Waals surface area contributed by atoms with E-state index in [0.29, 0.717) is 18.0 Å². The number of amides is 2. The van der Waals surface area contributed by atoms with Gasteiger partial charge in [-0.1, -0.05) is 44.2 Å². The van der Waals surface area contributed by atoms with Crippen molar-refractivity contribution in [2.24, 2.45) is 5.92 Å². The first-order valence-corrected chi connectivity index (χ1v) is 9.22. The van der Waals surface area contributed by atoms with E-state index in [2.05, 4.69) is 31.3 Å². The number of nitrogens with one attached hydrogen (secondary N) is 1. The highest BCUT2D eigenvalue weighted by Gasteiger charge is 2.24. The Labute approximate surface area is 155 Å². The van der Waals surface area contributed by atoms with Crippen molar-refractivity contribution in [2.45, 2.75) is 39.7 Å². The van der Waals surface area contributed by atoms with Crippen molar-refractivity contribution in [3.8, 4) is 0 Å². The van der Waals surface area contributed by atoms with Gasteiger partial charge in [-0.15, -0.1) is 0 Å². The molecule has 1 heterocycles. The summed E-state index contributed by atoms with van der Waals surface area (Å²) in [6.45, 7) is 6.59. The Hall–Kier alpha value is -2.62. The van der Waals surface area contributed by atoms with E-state index in [-0.39, 0.29) is 17.9 Å². The highest BCUT2D eigenvalue weighted by molar-refractivity contribution is 5.98. The van der Waals surface area contributed by atoms with Gasteiger partial charge >= 0.3 is 0 Å². The number of hydrogen-bond acceptors (Lipinski definition) is 2. The average Bonchev–Trinajstić information content (AvgIpc) is 3.05. The second-order valence-corrected chi connectivity index (χ2v) is 7.33. The largest absolute Gasteiger partial charge is 0.345 e. The van der Waals surface area contributed by atoms with Crippen molar-refractivity contribution in [3.05, 3.63) is 65.2 Å². The summed E-state index contributed by atoms with van der Waals surface area (Å²) >= 11 is 0. The molecule has 1 N–H and O–H groups in total. The fraction of sp³-hybridized carbons (Fsp3) is 0.364. The van der Waals surface area contributed by atoms with Crippen LogP contribution in [0.15, 0.2) is 48.5 Å². The molecule has 1 aliphatic heterocycles. The molecule has 1 atom stereocenters. The number of benzene rings is 2. The van der Waals surface area contributed by atoms with Gasteiger partial charge in [0.15, 0.2) is 0 Å². The minimum Gasteiger partial charge on any atom is -0.345 e. The Balaban J connectivity index is 1.79. The van der Waals surface area contributed by atoms with Crippen LogP contribution in [0, 0.1) is 5.92 Å².